The predicted octanol–water partition coefficient (Wildman–Crippen LogP) is 4.87. The molecule has 18 heavy (non-hydrogen) atoms. The molecule has 1 saturated carbocycles. The lowest BCUT2D eigenvalue weighted by Crippen LogP contribution is -2.34. The Bertz CT molecular complexity index is 405. The van der Waals surface area contributed by atoms with Gasteiger partial charge in [-0.15, -0.1) is 0 Å². The minimum absolute atomic E-state index is 0.134. The second-order valence-electron chi connectivity index (χ2n) is 4.73. The lowest BCUT2D eigenvalue weighted by Gasteiger charge is -2.31. The molecule has 0 spiro atoms. The minimum atomic E-state index is -4.08. The van der Waals surface area contributed by atoms with Crippen molar-refractivity contribution in [3.63, 3.8) is 0 Å². The van der Waals surface area contributed by atoms with Crippen molar-refractivity contribution in [1.82, 2.24) is 0 Å². The lowest BCUT2D eigenvalue weighted by molar-refractivity contribution is -0.182. The molecule has 2 atom stereocenters. The summed E-state index contributed by atoms with van der Waals surface area (Å²) in [6, 6.07) is 6.99. The van der Waals surface area contributed by atoms with Crippen LogP contribution in [0.4, 0.5) is 18.9 Å². The number of para-hydroxylation sites is 1. The van der Waals surface area contributed by atoms with E-state index in [0.29, 0.717) is 17.1 Å². The molecule has 1 nitrogen and oxygen atoms in total. The Morgan fingerprint density at radius 1 is 1.17 bits per heavy atom. The standard InChI is InChI=1S/C13H15ClF3N/c14-11-6-1-2-7-12(11)18-10-5-3-4-9(8-10)13(15,16)17/h1-2,6-7,9-10,18H,3-5,8H2. The average molecular weight is 278 g/mol. The van der Waals surface area contributed by atoms with Gasteiger partial charge < -0.3 is 5.32 Å². The van der Waals surface area contributed by atoms with E-state index in [-0.39, 0.29) is 18.9 Å². The highest BCUT2D eigenvalue weighted by molar-refractivity contribution is 6.33. The van der Waals surface area contributed by atoms with Crippen LogP contribution in [-0.2, 0) is 0 Å². The van der Waals surface area contributed by atoms with E-state index in [1.165, 1.54) is 0 Å². The maximum absolute atomic E-state index is 12.7. The summed E-state index contributed by atoms with van der Waals surface area (Å²) in [5.74, 6) is -1.19. The normalized spacial score (nSPS) is 24.9. The fraction of sp³-hybridized carbons (Fsp3) is 0.538. The van der Waals surface area contributed by atoms with E-state index >= 15 is 0 Å². The van der Waals surface area contributed by atoms with Gasteiger partial charge >= 0.3 is 6.18 Å². The summed E-state index contributed by atoms with van der Waals surface area (Å²) in [7, 11) is 0. The number of anilines is 1. The molecule has 1 aromatic carbocycles. The van der Waals surface area contributed by atoms with Crippen molar-refractivity contribution in [3.8, 4) is 0 Å². The molecule has 100 valence electrons. The summed E-state index contributed by atoms with van der Waals surface area (Å²) >= 11 is 5.99. The van der Waals surface area contributed by atoms with E-state index in [1.54, 1.807) is 18.2 Å². The van der Waals surface area contributed by atoms with Crippen molar-refractivity contribution in [2.45, 2.75) is 37.9 Å². The van der Waals surface area contributed by atoms with Gasteiger partial charge in [-0.25, -0.2) is 0 Å². The smallest absolute Gasteiger partial charge is 0.381 e. The maximum Gasteiger partial charge on any atom is 0.391 e. The fourth-order valence-corrected chi connectivity index (χ4v) is 2.61. The van der Waals surface area contributed by atoms with Gasteiger partial charge in [-0.05, 0) is 31.4 Å². The van der Waals surface area contributed by atoms with E-state index in [2.05, 4.69) is 5.32 Å². The molecule has 0 saturated heterocycles. The Labute approximate surface area is 109 Å². The highest BCUT2D eigenvalue weighted by Crippen LogP contribution is 2.38. The molecule has 5 heteroatoms. The van der Waals surface area contributed by atoms with Crippen molar-refractivity contribution < 1.29 is 13.2 Å². The van der Waals surface area contributed by atoms with Gasteiger partial charge in [-0.2, -0.15) is 13.2 Å². The summed E-state index contributed by atoms with van der Waals surface area (Å²) in [6.45, 7) is 0. The molecule has 0 bridgehead atoms. The van der Waals surface area contributed by atoms with Crippen LogP contribution in [0.25, 0.3) is 0 Å². The van der Waals surface area contributed by atoms with Gasteiger partial charge in [-0.1, -0.05) is 30.2 Å². The van der Waals surface area contributed by atoms with E-state index in [0.717, 1.165) is 6.42 Å². The zero-order valence-corrected chi connectivity index (χ0v) is 10.6. The van der Waals surface area contributed by atoms with Crippen LogP contribution in [0.2, 0.25) is 5.02 Å². The van der Waals surface area contributed by atoms with Gasteiger partial charge in [0.15, 0.2) is 0 Å². The molecule has 2 rings (SSSR count). The van der Waals surface area contributed by atoms with Gasteiger partial charge in [0.1, 0.15) is 0 Å². The van der Waals surface area contributed by atoms with Gasteiger partial charge in [0.05, 0.1) is 16.6 Å². The minimum Gasteiger partial charge on any atom is -0.381 e. The first kappa shape index (κ1) is 13.5. The topological polar surface area (TPSA) is 12.0 Å². The Balaban J connectivity index is 2.00. The van der Waals surface area contributed by atoms with Crippen LogP contribution in [0.3, 0.4) is 0 Å². The largest absolute Gasteiger partial charge is 0.391 e. The zero-order chi connectivity index (χ0) is 13.2. The van der Waals surface area contributed by atoms with Crippen molar-refractivity contribution in [3.05, 3.63) is 29.3 Å². The molecular formula is C13H15ClF3N. The molecule has 0 aromatic heterocycles. The van der Waals surface area contributed by atoms with Crippen LogP contribution < -0.4 is 5.32 Å². The average Bonchev–Trinajstić information content (AvgIpc) is 2.31. The van der Waals surface area contributed by atoms with Crippen LogP contribution in [0.1, 0.15) is 25.7 Å². The molecule has 1 aliphatic carbocycles. The molecule has 0 heterocycles. The SMILES string of the molecule is FC(F)(F)C1CCCC(Nc2ccccc2Cl)C1. The molecule has 0 radical (unpaired) electrons. The summed E-state index contributed by atoms with van der Waals surface area (Å²) in [4.78, 5) is 0. The summed E-state index contributed by atoms with van der Waals surface area (Å²) in [5.41, 5.74) is 0.715. The molecule has 2 unspecified atom stereocenters. The number of halogens is 4. The third-order valence-corrected chi connectivity index (χ3v) is 3.70. The van der Waals surface area contributed by atoms with E-state index in [9.17, 15) is 13.2 Å². The number of nitrogens with one attached hydrogen (secondary N) is 1. The van der Waals surface area contributed by atoms with Crippen molar-refractivity contribution in [1.29, 1.82) is 0 Å². The van der Waals surface area contributed by atoms with Gasteiger partial charge in [0, 0.05) is 6.04 Å². The third kappa shape index (κ3) is 3.31. The number of alkyl halides is 3. The summed E-state index contributed by atoms with van der Waals surface area (Å²) < 4.78 is 38.0. The van der Waals surface area contributed by atoms with Gasteiger partial charge in [0.25, 0.3) is 0 Å². The molecule has 0 amide bonds. The van der Waals surface area contributed by atoms with E-state index < -0.39 is 12.1 Å². The van der Waals surface area contributed by atoms with Crippen molar-refractivity contribution in [2.75, 3.05) is 5.32 Å². The van der Waals surface area contributed by atoms with Gasteiger partial charge in [-0.3, -0.25) is 0 Å². The fourth-order valence-electron chi connectivity index (χ4n) is 2.42. The predicted molar refractivity (Wildman–Crippen MR) is 66.9 cm³/mol. The molecule has 1 aromatic rings. The first-order valence-corrected chi connectivity index (χ1v) is 6.42. The molecule has 1 aliphatic rings. The monoisotopic (exact) mass is 277 g/mol. The highest BCUT2D eigenvalue weighted by atomic mass is 35.5. The van der Waals surface area contributed by atoms with E-state index in [4.69, 9.17) is 11.6 Å². The molecule has 0 aliphatic heterocycles. The van der Waals surface area contributed by atoms with Crippen LogP contribution in [0.5, 0.6) is 0 Å². The van der Waals surface area contributed by atoms with Gasteiger partial charge in [0.2, 0.25) is 0 Å². The Morgan fingerprint density at radius 3 is 2.56 bits per heavy atom. The number of hydrogen-bond donors (Lipinski definition) is 1. The van der Waals surface area contributed by atoms with Crippen LogP contribution in [0, 0.1) is 5.92 Å². The molecular weight excluding hydrogens is 263 g/mol. The Kier molecular flexibility index (Phi) is 4.05. The summed E-state index contributed by atoms with van der Waals surface area (Å²) in [5, 5.41) is 3.67. The highest BCUT2D eigenvalue weighted by Gasteiger charge is 2.42. The summed E-state index contributed by atoms with van der Waals surface area (Å²) in [6.07, 6.45) is -2.34. The van der Waals surface area contributed by atoms with Crippen LogP contribution in [0.15, 0.2) is 24.3 Å². The molecule has 1 N–H and O–H groups in total. The van der Waals surface area contributed by atoms with Crippen molar-refractivity contribution in [2.24, 2.45) is 5.92 Å². The Morgan fingerprint density at radius 2 is 1.89 bits per heavy atom. The first-order chi connectivity index (χ1) is 8.47. The number of hydrogen-bond acceptors (Lipinski definition) is 1. The third-order valence-electron chi connectivity index (χ3n) is 3.37. The lowest BCUT2D eigenvalue weighted by atomic mass is 9.85. The first-order valence-electron chi connectivity index (χ1n) is 6.04. The quantitative estimate of drug-likeness (QED) is 0.813. The zero-order valence-electron chi connectivity index (χ0n) is 9.80. The van der Waals surface area contributed by atoms with E-state index in [1.807, 2.05) is 6.07 Å². The second kappa shape index (κ2) is 5.39. The molecule has 1 fully saturated rings. The number of rotatable bonds is 2. The van der Waals surface area contributed by atoms with Crippen LogP contribution in [-0.4, -0.2) is 12.2 Å². The maximum atomic E-state index is 12.7. The number of benzene rings is 1. The second-order valence-corrected chi connectivity index (χ2v) is 5.13. The Hall–Kier alpha value is -0.900. The van der Waals surface area contributed by atoms with Crippen LogP contribution >= 0.6 is 11.6 Å². The van der Waals surface area contributed by atoms with Crippen molar-refractivity contribution >= 4 is 17.3 Å².